The van der Waals surface area contributed by atoms with E-state index in [0.717, 1.165) is 0 Å². The standard InChI is InChI=1S/C9H14ClN3O/c1-6(2)7(14)5-11-9-4-3-8(10)12-13-9/h3-4,6-7,14H,5H2,1-2H3,(H,11,13)/t7-/m0/s1. The van der Waals surface area contributed by atoms with Gasteiger partial charge in [-0.3, -0.25) is 0 Å². The maximum Gasteiger partial charge on any atom is 0.151 e. The summed E-state index contributed by atoms with van der Waals surface area (Å²) in [5.41, 5.74) is 0. The van der Waals surface area contributed by atoms with Crippen LogP contribution in [0.5, 0.6) is 0 Å². The Kier molecular flexibility index (Phi) is 4.10. The number of anilines is 1. The van der Waals surface area contributed by atoms with Gasteiger partial charge in [0.1, 0.15) is 5.82 Å². The van der Waals surface area contributed by atoms with Crippen molar-refractivity contribution in [2.24, 2.45) is 5.92 Å². The van der Waals surface area contributed by atoms with Crippen molar-refractivity contribution in [3.8, 4) is 0 Å². The maximum absolute atomic E-state index is 9.51. The first-order valence-electron chi connectivity index (χ1n) is 4.50. The molecule has 1 aromatic rings. The molecular formula is C9H14ClN3O. The van der Waals surface area contributed by atoms with Crippen LogP contribution in [0.25, 0.3) is 0 Å². The van der Waals surface area contributed by atoms with E-state index < -0.39 is 0 Å². The van der Waals surface area contributed by atoms with Gasteiger partial charge >= 0.3 is 0 Å². The fourth-order valence-electron chi connectivity index (χ4n) is 0.855. The summed E-state index contributed by atoms with van der Waals surface area (Å²) in [5.74, 6) is 0.844. The molecule has 0 bridgehead atoms. The molecule has 0 fully saturated rings. The summed E-state index contributed by atoms with van der Waals surface area (Å²) in [4.78, 5) is 0. The topological polar surface area (TPSA) is 58.0 Å². The van der Waals surface area contributed by atoms with Gasteiger partial charge in [-0.05, 0) is 18.1 Å². The smallest absolute Gasteiger partial charge is 0.151 e. The van der Waals surface area contributed by atoms with Crippen molar-refractivity contribution < 1.29 is 5.11 Å². The fraction of sp³-hybridized carbons (Fsp3) is 0.556. The molecule has 0 aliphatic heterocycles. The van der Waals surface area contributed by atoms with Gasteiger partial charge in [0.15, 0.2) is 5.15 Å². The highest BCUT2D eigenvalue weighted by atomic mass is 35.5. The molecule has 0 aliphatic carbocycles. The van der Waals surface area contributed by atoms with E-state index in [9.17, 15) is 5.11 Å². The van der Waals surface area contributed by atoms with Gasteiger partial charge in [-0.25, -0.2) is 0 Å². The Morgan fingerprint density at radius 2 is 2.14 bits per heavy atom. The minimum Gasteiger partial charge on any atom is -0.391 e. The second-order valence-electron chi connectivity index (χ2n) is 3.43. The number of aromatic nitrogens is 2. The van der Waals surface area contributed by atoms with Crippen LogP contribution in [0.3, 0.4) is 0 Å². The van der Waals surface area contributed by atoms with E-state index in [-0.39, 0.29) is 12.0 Å². The lowest BCUT2D eigenvalue weighted by Crippen LogP contribution is -2.25. The number of halogens is 1. The van der Waals surface area contributed by atoms with Crippen molar-refractivity contribution in [1.82, 2.24) is 10.2 Å². The van der Waals surface area contributed by atoms with Gasteiger partial charge in [-0.15, -0.1) is 10.2 Å². The first kappa shape index (κ1) is 11.2. The predicted molar refractivity (Wildman–Crippen MR) is 56.4 cm³/mol. The summed E-state index contributed by atoms with van der Waals surface area (Å²) < 4.78 is 0. The average molecular weight is 216 g/mol. The minimum absolute atomic E-state index is 0.225. The quantitative estimate of drug-likeness (QED) is 0.801. The SMILES string of the molecule is CC(C)[C@@H](O)CNc1ccc(Cl)nn1. The Hall–Kier alpha value is -0.870. The summed E-state index contributed by atoms with van der Waals surface area (Å²) in [7, 11) is 0. The molecule has 4 nitrogen and oxygen atoms in total. The van der Waals surface area contributed by atoms with Crippen molar-refractivity contribution >= 4 is 17.4 Å². The minimum atomic E-state index is -0.382. The summed E-state index contributed by atoms with van der Waals surface area (Å²) in [6.07, 6.45) is -0.382. The number of rotatable bonds is 4. The van der Waals surface area contributed by atoms with Crippen molar-refractivity contribution in [2.45, 2.75) is 20.0 Å². The van der Waals surface area contributed by atoms with E-state index in [1.54, 1.807) is 12.1 Å². The Labute approximate surface area is 88.3 Å². The van der Waals surface area contributed by atoms with Crippen molar-refractivity contribution in [3.63, 3.8) is 0 Å². The molecule has 1 rings (SSSR count). The molecule has 2 N–H and O–H groups in total. The van der Waals surface area contributed by atoms with Crippen LogP contribution in [0.4, 0.5) is 5.82 Å². The molecule has 5 heteroatoms. The third-order valence-corrected chi connectivity index (χ3v) is 2.10. The van der Waals surface area contributed by atoms with E-state index >= 15 is 0 Å². The zero-order valence-corrected chi connectivity index (χ0v) is 8.99. The van der Waals surface area contributed by atoms with E-state index in [2.05, 4.69) is 15.5 Å². The monoisotopic (exact) mass is 215 g/mol. The van der Waals surface area contributed by atoms with Crippen molar-refractivity contribution in [2.75, 3.05) is 11.9 Å². The molecule has 14 heavy (non-hydrogen) atoms. The molecule has 0 radical (unpaired) electrons. The van der Waals surface area contributed by atoms with Gasteiger partial charge < -0.3 is 10.4 Å². The molecule has 0 spiro atoms. The number of nitrogens with one attached hydrogen (secondary N) is 1. The van der Waals surface area contributed by atoms with Crippen LogP contribution in [-0.2, 0) is 0 Å². The first-order valence-corrected chi connectivity index (χ1v) is 4.88. The van der Waals surface area contributed by atoms with Gasteiger partial charge in [-0.2, -0.15) is 0 Å². The van der Waals surface area contributed by atoms with E-state index in [0.29, 0.717) is 17.5 Å². The number of aliphatic hydroxyl groups excluding tert-OH is 1. The van der Waals surface area contributed by atoms with Gasteiger partial charge in [0.2, 0.25) is 0 Å². The third-order valence-electron chi connectivity index (χ3n) is 1.89. The Morgan fingerprint density at radius 3 is 2.64 bits per heavy atom. The number of nitrogens with zero attached hydrogens (tertiary/aromatic N) is 2. The molecular weight excluding hydrogens is 202 g/mol. The third kappa shape index (κ3) is 3.47. The van der Waals surface area contributed by atoms with E-state index in [1.807, 2.05) is 13.8 Å². The zero-order valence-electron chi connectivity index (χ0n) is 8.24. The van der Waals surface area contributed by atoms with Crippen LogP contribution in [-0.4, -0.2) is 28.0 Å². The van der Waals surface area contributed by atoms with Gasteiger partial charge in [0, 0.05) is 6.54 Å². The lowest BCUT2D eigenvalue weighted by atomic mass is 10.1. The van der Waals surface area contributed by atoms with Crippen LogP contribution in [0, 0.1) is 5.92 Å². The molecule has 0 aromatic carbocycles. The van der Waals surface area contributed by atoms with Crippen LogP contribution < -0.4 is 5.32 Å². The Bertz CT molecular complexity index is 276. The lowest BCUT2D eigenvalue weighted by Gasteiger charge is -2.14. The first-order chi connectivity index (χ1) is 6.59. The molecule has 1 heterocycles. The average Bonchev–Trinajstić information content (AvgIpc) is 2.16. The summed E-state index contributed by atoms with van der Waals surface area (Å²) >= 11 is 5.57. The molecule has 1 atom stereocenters. The highest BCUT2D eigenvalue weighted by Gasteiger charge is 2.08. The van der Waals surface area contributed by atoms with Crippen LogP contribution >= 0.6 is 11.6 Å². The fourth-order valence-corrected chi connectivity index (χ4v) is 0.956. The molecule has 0 aliphatic rings. The molecule has 0 unspecified atom stereocenters. The normalized spacial score (nSPS) is 12.9. The Morgan fingerprint density at radius 1 is 1.43 bits per heavy atom. The van der Waals surface area contributed by atoms with Gasteiger partial charge in [0.25, 0.3) is 0 Å². The predicted octanol–water partition coefficient (Wildman–Crippen LogP) is 1.56. The van der Waals surface area contributed by atoms with Gasteiger partial charge in [-0.1, -0.05) is 25.4 Å². The highest BCUT2D eigenvalue weighted by molar-refractivity contribution is 6.29. The summed E-state index contributed by atoms with van der Waals surface area (Å²) in [6.45, 7) is 4.38. The van der Waals surface area contributed by atoms with Crippen molar-refractivity contribution in [1.29, 1.82) is 0 Å². The van der Waals surface area contributed by atoms with Crippen LogP contribution in [0.2, 0.25) is 5.15 Å². The van der Waals surface area contributed by atoms with Crippen LogP contribution in [0.15, 0.2) is 12.1 Å². The van der Waals surface area contributed by atoms with Crippen LogP contribution in [0.1, 0.15) is 13.8 Å². The van der Waals surface area contributed by atoms with Gasteiger partial charge in [0.05, 0.1) is 6.10 Å². The number of hydrogen-bond acceptors (Lipinski definition) is 4. The second-order valence-corrected chi connectivity index (χ2v) is 3.82. The van der Waals surface area contributed by atoms with Crippen molar-refractivity contribution in [3.05, 3.63) is 17.3 Å². The summed E-state index contributed by atoms with van der Waals surface area (Å²) in [5, 5.41) is 20.3. The molecule has 0 saturated carbocycles. The molecule has 1 aromatic heterocycles. The zero-order chi connectivity index (χ0) is 10.6. The largest absolute Gasteiger partial charge is 0.391 e. The summed E-state index contributed by atoms with van der Waals surface area (Å²) in [6, 6.07) is 3.38. The molecule has 0 saturated heterocycles. The number of hydrogen-bond donors (Lipinski definition) is 2. The lowest BCUT2D eigenvalue weighted by molar-refractivity contribution is 0.138. The second kappa shape index (κ2) is 5.12. The molecule has 0 amide bonds. The number of aliphatic hydroxyl groups is 1. The Balaban J connectivity index is 2.42. The van der Waals surface area contributed by atoms with E-state index in [1.165, 1.54) is 0 Å². The maximum atomic E-state index is 9.51. The highest BCUT2D eigenvalue weighted by Crippen LogP contribution is 2.07. The van der Waals surface area contributed by atoms with E-state index in [4.69, 9.17) is 11.6 Å². The molecule has 78 valence electrons.